The van der Waals surface area contributed by atoms with E-state index in [1.165, 1.54) is 23.6 Å². The van der Waals surface area contributed by atoms with Gasteiger partial charge in [-0.2, -0.15) is 4.31 Å². The number of benzene rings is 1. The van der Waals surface area contributed by atoms with Crippen LogP contribution in [0.25, 0.3) is 0 Å². The summed E-state index contributed by atoms with van der Waals surface area (Å²) in [6, 6.07) is 8.69. The number of sulfonamides is 1. The fraction of sp³-hybridized carbons (Fsp3) is 0.267. The molecule has 9 heteroatoms. The topological polar surface area (TPSA) is 68.7 Å². The van der Waals surface area contributed by atoms with Gasteiger partial charge in [0, 0.05) is 17.7 Å². The van der Waals surface area contributed by atoms with E-state index in [0.29, 0.717) is 16.0 Å². The molecule has 3 rings (SSSR count). The van der Waals surface area contributed by atoms with Crippen LogP contribution in [0.5, 0.6) is 11.5 Å². The van der Waals surface area contributed by atoms with Crippen LogP contribution in [0.4, 0.5) is 0 Å². The summed E-state index contributed by atoms with van der Waals surface area (Å²) in [5.74, 6) is 1.25. The third-order valence-corrected chi connectivity index (χ3v) is 6.17. The average Bonchev–Trinajstić information content (AvgIpc) is 2.56. The lowest BCUT2D eigenvalue weighted by Crippen LogP contribution is -2.41. The molecule has 0 fully saturated rings. The van der Waals surface area contributed by atoms with Crippen LogP contribution in [-0.4, -0.2) is 44.0 Å². The molecule has 24 heavy (non-hydrogen) atoms. The van der Waals surface area contributed by atoms with Crippen LogP contribution in [-0.2, 0) is 10.0 Å². The molecule has 1 aromatic heterocycles. The number of nitrogens with zero attached hydrogens (tertiary/aromatic N) is 2. The first-order valence-electron chi connectivity index (χ1n) is 7.04. The number of para-hydroxylation sites is 2. The quantitative estimate of drug-likeness (QED) is 0.694. The highest BCUT2D eigenvalue weighted by Crippen LogP contribution is 2.31. The minimum absolute atomic E-state index is 0.0573. The third kappa shape index (κ3) is 3.51. The first-order chi connectivity index (χ1) is 11.4. The molecule has 0 aliphatic carbocycles. The van der Waals surface area contributed by atoms with E-state index in [4.69, 9.17) is 21.1 Å². The van der Waals surface area contributed by atoms with E-state index >= 15 is 0 Å². The van der Waals surface area contributed by atoms with Crippen molar-refractivity contribution in [2.75, 3.05) is 20.2 Å². The lowest BCUT2D eigenvalue weighted by molar-refractivity contribution is 0.0798. The highest BCUT2D eigenvalue weighted by Gasteiger charge is 2.29. The van der Waals surface area contributed by atoms with Crippen LogP contribution in [0.15, 0.2) is 45.9 Å². The van der Waals surface area contributed by atoms with Crippen LogP contribution in [0.2, 0.25) is 5.15 Å². The summed E-state index contributed by atoms with van der Waals surface area (Å²) >= 11 is 9.15. The van der Waals surface area contributed by atoms with Gasteiger partial charge in [0.25, 0.3) is 0 Å². The van der Waals surface area contributed by atoms with Crippen molar-refractivity contribution in [2.24, 2.45) is 0 Å². The molecule has 0 bridgehead atoms. The largest absolute Gasteiger partial charge is 0.486 e. The van der Waals surface area contributed by atoms with Gasteiger partial charge in [-0.25, -0.2) is 13.4 Å². The Morgan fingerprint density at radius 3 is 2.83 bits per heavy atom. The number of aromatic nitrogens is 1. The first kappa shape index (κ1) is 17.5. The van der Waals surface area contributed by atoms with Crippen LogP contribution >= 0.6 is 27.5 Å². The van der Waals surface area contributed by atoms with E-state index in [9.17, 15) is 8.42 Å². The highest BCUT2D eigenvalue weighted by atomic mass is 79.9. The van der Waals surface area contributed by atoms with Gasteiger partial charge >= 0.3 is 0 Å². The van der Waals surface area contributed by atoms with Crippen LogP contribution in [0.1, 0.15) is 0 Å². The Labute approximate surface area is 153 Å². The average molecular weight is 434 g/mol. The molecule has 0 saturated heterocycles. The highest BCUT2D eigenvalue weighted by molar-refractivity contribution is 9.10. The molecular weight excluding hydrogens is 420 g/mol. The zero-order chi connectivity index (χ0) is 17.3. The molecule has 1 aromatic carbocycles. The van der Waals surface area contributed by atoms with Gasteiger partial charge in [0.05, 0.1) is 6.54 Å². The molecule has 0 radical (unpaired) electrons. The summed E-state index contributed by atoms with van der Waals surface area (Å²) in [7, 11) is -2.33. The van der Waals surface area contributed by atoms with Crippen LogP contribution in [0, 0.1) is 0 Å². The number of ether oxygens (including phenoxy) is 2. The third-order valence-electron chi connectivity index (χ3n) is 3.49. The van der Waals surface area contributed by atoms with Gasteiger partial charge < -0.3 is 9.47 Å². The number of hydrogen-bond donors (Lipinski definition) is 0. The Bertz CT molecular complexity index is 862. The molecule has 0 spiro atoms. The van der Waals surface area contributed by atoms with E-state index in [0.717, 1.165) is 0 Å². The minimum atomic E-state index is -3.80. The maximum Gasteiger partial charge on any atom is 0.246 e. The fourth-order valence-corrected chi connectivity index (χ4v) is 4.41. The van der Waals surface area contributed by atoms with E-state index in [1.807, 2.05) is 12.1 Å². The van der Waals surface area contributed by atoms with Gasteiger partial charge in [-0.15, -0.1) is 0 Å². The van der Waals surface area contributed by atoms with Crippen molar-refractivity contribution in [1.82, 2.24) is 9.29 Å². The summed E-state index contributed by atoms with van der Waals surface area (Å²) < 4.78 is 38.5. The second-order valence-corrected chi connectivity index (χ2v) is 8.51. The summed E-state index contributed by atoms with van der Waals surface area (Å²) in [4.78, 5) is 3.80. The van der Waals surface area contributed by atoms with Crippen molar-refractivity contribution < 1.29 is 17.9 Å². The number of halogens is 2. The summed E-state index contributed by atoms with van der Waals surface area (Å²) in [6.45, 7) is 0.390. The molecule has 1 unspecified atom stereocenters. The standard InChI is InChI=1S/C15H14BrClN2O4S/c1-19(24(20,21)14-6-10(16)7-18-15(14)17)8-11-9-22-12-4-2-3-5-13(12)23-11/h2-7,11H,8-9H2,1H3. The Kier molecular flexibility index (Phi) is 5.00. The number of rotatable bonds is 4. The Morgan fingerprint density at radius 2 is 2.08 bits per heavy atom. The lowest BCUT2D eigenvalue weighted by Gasteiger charge is -2.29. The predicted molar refractivity (Wildman–Crippen MR) is 93.1 cm³/mol. The summed E-state index contributed by atoms with van der Waals surface area (Å²) in [5, 5.41) is -0.0730. The number of likely N-dealkylation sites (N-methyl/N-ethyl adjacent to an activating group) is 1. The van der Waals surface area contributed by atoms with Gasteiger partial charge in [0.2, 0.25) is 10.0 Å². The number of hydrogen-bond acceptors (Lipinski definition) is 5. The van der Waals surface area contributed by atoms with E-state index in [1.54, 1.807) is 12.1 Å². The van der Waals surface area contributed by atoms with E-state index < -0.39 is 16.1 Å². The van der Waals surface area contributed by atoms with E-state index in [-0.39, 0.29) is 23.2 Å². The van der Waals surface area contributed by atoms with Crippen LogP contribution < -0.4 is 9.47 Å². The summed E-state index contributed by atoms with van der Waals surface area (Å²) in [6.07, 6.45) is 1.02. The molecule has 128 valence electrons. The van der Waals surface area contributed by atoms with Gasteiger partial charge in [-0.3, -0.25) is 0 Å². The summed E-state index contributed by atoms with van der Waals surface area (Å²) in [5.41, 5.74) is 0. The maximum absolute atomic E-state index is 12.7. The van der Waals surface area contributed by atoms with Crippen molar-refractivity contribution in [1.29, 1.82) is 0 Å². The molecule has 0 amide bonds. The van der Waals surface area contributed by atoms with Crippen LogP contribution in [0.3, 0.4) is 0 Å². The zero-order valence-corrected chi connectivity index (χ0v) is 15.8. The van der Waals surface area contributed by atoms with Crippen molar-refractivity contribution in [3.63, 3.8) is 0 Å². The van der Waals surface area contributed by atoms with Gasteiger partial charge in [-0.1, -0.05) is 23.7 Å². The van der Waals surface area contributed by atoms with Gasteiger partial charge in [0.1, 0.15) is 22.8 Å². The van der Waals surface area contributed by atoms with Crippen molar-refractivity contribution in [2.45, 2.75) is 11.0 Å². The maximum atomic E-state index is 12.7. The minimum Gasteiger partial charge on any atom is -0.486 e. The molecule has 1 aliphatic heterocycles. The Balaban J connectivity index is 1.77. The molecule has 6 nitrogen and oxygen atoms in total. The fourth-order valence-electron chi connectivity index (χ4n) is 2.29. The lowest BCUT2D eigenvalue weighted by atomic mass is 10.2. The zero-order valence-electron chi connectivity index (χ0n) is 12.6. The van der Waals surface area contributed by atoms with Crippen molar-refractivity contribution >= 4 is 37.6 Å². The van der Waals surface area contributed by atoms with Gasteiger partial charge in [-0.05, 0) is 34.1 Å². The molecular formula is C15H14BrClN2O4S. The first-order valence-corrected chi connectivity index (χ1v) is 9.65. The molecule has 2 heterocycles. The smallest absolute Gasteiger partial charge is 0.246 e. The second-order valence-electron chi connectivity index (χ2n) is 5.23. The molecule has 0 N–H and O–H groups in total. The normalized spacial score (nSPS) is 17.1. The van der Waals surface area contributed by atoms with E-state index in [2.05, 4.69) is 20.9 Å². The molecule has 2 aromatic rings. The van der Waals surface area contributed by atoms with Crippen molar-refractivity contribution in [3.05, 3.63) is 46.2 Å². The van der Waals surface area contributed by atoms with Crippen molar-refractivity contribution in [3.8, 4) is 11.5 Å². The Morgan fingerprint density at radius 1 is 1.38 bits per heavy atom. The molecule has 1 atom stereocenters. The SMILES string of the molecule is CN(CC1COc2ccccc2O1)S(=O)(=O)c1cc(Br)cnc1Cl. The number of pyridine rings is 1. The Hall–Kier alpha value is -1.35. The number of fused-ring (bicyclic) bond motifs is 1. The molecule has 0 saturated carbocycles. The predicted octanol–water partition coefficient (Wildman–Crippen LogP) is 2.96. The second kappa shape index (κ2) is 6.87. The van der Waals surface area contributed by atoms with Gasteiger partial charge in [0.15, 0.2) is 11.5 Å². The molecule has 1 aliphatic rings. The monoisotopic (exact) mass is 432 g/mol.